The van der Waals surface area contributed by atoms with E-state index in [0.29, 0.717) is 17.3 Å². The van der Waals surface area contributed by atoms with Crippen LogP contribution in [-0.2, 0) is 6.54 Å². The van der Waals surface area contributed by atoms with Crippen molar-refractivity contribution in [1.82, 2.24) is 4.57 Å². The maximum absolute atomic E-state index is 12.7. The first-order valence-electron chi connectivity index (χ1n) is 7.96. The van der Waals surface area contributed by atoms with Gasteiger partial charge < -0.3 is 9.88 Å². The highest BCUT2D eigenvalue weighted by atomic mass is 35.5. The maximum Gasteiger partial charge on any atom is 0.263 e. The maximum atomic E-state index is 12.7. The molecule has 0 saturated heterocycles. The lowest BCUT2D eigenvalue weighted by Gasteiger charge is -2.10. The van der Waals surface area contributed by atoms with Crippen molar-refractivity contribution >= 4 is 34.8 Å². The van der Waals surface area contributed by atoms with Crippen LogP contribution in [0.2, 0.25) is 10.0 Å². The molecule has 0 atom stereocenters. The predicted octanol–water partition coefficient (Wildman–Crippen LogP) is 4.76. The van der Waals surface area contributed by atoms with E-state index in [1.807, 2.05) is 31.2 Å². The Balaban J connectivity index is 1.86. The average Bonchev–Trinajstić information content (AvgIpc) is 2.62. The number of carbonyl (C=O) groups excluding carboxylic acids is 1. The number of aryl methyl sites for hydroxylation is 1. The minimum Gasteiger partial charge on any atom is -0.320 e. The first-order valence-corrected chi connectivity index (χ1v) is 8.71. The second-order valence-corrected chi connectivity index (χ2v) is 6.68. The van der Waals surface area contributed by atoms with E-state index < -0.39 is 5.91 Å². The van der Waals surface area contributed by atoms with Crippen molar-refractivity contribution < 1.29 is 4.79 Å². The van der Waals surface area contributed by atoms with Gasteiger partial charge in [-0.05, 0) is 36.8 Å². The van der Waals surface area contributed by atoms with Crippen LogP contribution in [0.1, 0.15) is 21.5 Å². The molecule has 2 aromatic carbocycles. The van der Waals surface area contributed by atoms with Crippen molar-refractivity contribution in [2.24, 2.45) is 0 Å². The summed E-state index contributed by atoms with van der Waals surface area (Å²) in [6.45, 7) is 2.39. The topological polar surface area (TPSA) is 51.1 Å². The molecule has 0 saturated carbocycles. The molecule has 26 heavy (non-hydrogen) atoms. The molecule has 0 aliphatic rings. The number of amides is 1. The molecule has 0 radical (unpaired) electrons. The summed E-state index contributed by atoms with van der Waals surface area (Å²) in [6, 6.07) is 16.0. The Morgan fingerprint density at radius 3 is 2.50 bits per heavy atom. The van der Waals surface area contributed by atoms with E-state index in [1.54, 1.807) is 30.5 Å². The molecule has 6 heteroatoms. The molecule has 0 spiro atoms. The summed E-state index contributed by atoms with van der Waals surface area (Å²) in [7, 11) is 0. The molecular formula is C20H16Cl2N2O2. The molecule has 1 aromatic heterocycles. The number of hydrogen-bond donors (Lipinski definition) is 1. The fourth-order valence-corrected chi connectivity index (χ4v) is 2.86. The Labute approximate surface area is 161 Å². The zero-order valence-corrected chi connectivity index (χ0v) is 15.5. The largest absolute Gasteiger partial charge is 0.320 e. The second kappa shape index (κ2) is 7.77. The molecule has 1 amide bonds. The van der Waals surface area contributed by atoms with Crippen molar-refractivity contribution in [2.75, 3.05) is 5.32 Å². The number of carbonyl (C=O) groups is 1. The van der Waals surface area contributed by atoms with Gasteiger partial charge in [0.15, 0.2) is 0 Å². The fraction of sp³-hybridized carbons (Fsp3) is 0.100. The highest BCUT2D eigenvalue weighted by molar-refractivity contribution is 6.44. The van der Waals surface area contributed by atoms with Gasteiger partial charge in [0.05, 0.1) is 22.3 Å². The van der Waals surface area contributed by atoms with Gasteiger partial charge in [-0.2, -0.15) is 0 Å². The summed E-state index contributed by atoms with van der Waals surface area (Å²) in [6.07, 6.45) is 1.66. The average molecular weight is 387 g/mol. The smallest absolute Gasteiger partial charge is 0.263 e. The third-order valence-electron chi connectivity index (χ3n) is 3.94. The van der Waals surface area contributed by atoms with E-state index in [0.717, 1.165) is 11.1 Å². The Bertz CT molecular complexity index is 1010. The van der Waals surface area contributed by atoms with Gasteiger partial charge in [-0.1, -0.05) is 59.1 Å². The molecule has 4 nitrogen and oxygen atoms in total. The molecule has 0 aliphatic heterocycles. The number of nitrogens with zero attached hydrogens (tertiary/aromatic N) is 1. The molecule has 3 aromatic rings. The van der Waals surface area contributed by atoms with Crippen molar-refractivity contribution in [3.8, 4) is 0 Å². The summed E-state index contributed by atoms with van der Waals surface area (Å²) in [5, 5.41) is 3.20. The van der Waals surface area contributed by atoms with E-state index in [1.165, 1.54) is 10.6 Å². The first kappa shape index (κ1) is 18.2. The lowest BCUT2D eigenvalue weighted by atomic mass is 10.1. The van der Waals surface area contributed by atoms with E-state index in [9.17, 15) is 9.59 Å². The Hall–Kier alpha value is -2.56. The lowest BCUT2D eigenvalue weighted by molar-refractivity contribution is 0.102. The van der Waals surface area contributed by atoms with E-state index in [-0.39, 0.29) is 16.1 Å². The van der Waals surface area contributed by atoms with E-state index >= 15 is 0 Å². The van der Waals surface area contributed by atoms with E-state index in [2.05, 4.69) is 5.32 Å². The van der Waals surface area contributed by atoms with Crippen LogP contribution in [0.15, 0.2) is 65.6 Å². The zero-order valence-electron chi connectivity index (χ0n) is 14.0. The third kappa shape index (κ3) is 3.98. The van der Waals surface area contributed by atoms with Crippen molar-refractivity contribution in [1.29, 1.82) is 0 Å². The Morgan fingerprint density at radius 1 is 1.04 bits per heavy atom. The zero-order chi connectivity index (χ0) is 18.7. The van der Waals surface area contributed by atoms with Crippen LogP contribution in [0.5, 0.6) is 0 Å². The van der Waals surface area contributed by atoms with Gasteiger partial charge in [0, 0.05) is 6.20 Å². The van der Waals surface area contributed by atoms with Gasteiger partial charge >= 0.3 is 0 Å². The Kier molecular flexibility index (Phi) is 5.45. The molecule has 3 rings (SSSR count). The normalized spacial score (nSPS) is 10.6. The number of halogens is 2. The van der Waals surface area contributed by atoms with Crippen LogP contribution in [0.3, 0.4) is 0 Å². The van der Waals surface area contributed by atoms with Crippen LogP contribution >= 0.6 is 23.2 Å². The molecule has 1 heterocycles. The number of nitrogens with one attached hydrogen (secondary N) is 1. The highest BCUT2D eigenvalue weighted by Gasteiger charge is 2.14. The number of anilines is 1. The summed E-state index contributed by atoms with van der Waals surface area (Å²) in [5.41, 5.74) is 2.15. The lowest BCUT2D eigenvalue weighted by Crippen LogP contribution is -2.29. The first-order chi connectivity index (χ1) is 12.5. The minimum atomic E-state index is -0.530. The SMILES string of the molecule is Cc1ccc(Cn2cccc(C(=O)Nc3cccc(Cl)c3Cl)c2=O)cc1. The number of rotatable bonds is 4. The third-order valence-corrected chi connectivity index (χ3v) is 4.76. The van der Waals surface area contributed by atoms with Crippen LogP contribution in [0, 0.1) is 6.92 Å². The van der Waals surface area contributed by atoms with Gasteiger partial charge in [0.1, 0.15) is 5.56 Å². The van der Waals surface area contributed by atoms with Crippen molar-refractivity contribution in [3.05, 3.63) is 97.9 Å². The molecule has 132 valence electrons. The minimum absolute atomic E-state index is 0.0376. The van der Waals surface area contributed by atoms with Crippen molar-refractivity contribution in [3.63, 3.8) is 0 Å². The van der Waals surface area contributed by atoms with Crippen molar-refractivity contribution in [2.45, 2.75) is 13.5 Å². The van der Waals surface area contributed by atoms with Gasteiger partial charge in [-0.25, -0.2) is 0 Å². The van der Waals surface area contributed by atoms with Gasteiger partial charge in [0.25, 0.3) is 11.5 Å². The standard InChI is InChI=1S/C20H16Cl2N2O2/c1-13-7-9-14(10-8-13)12-24-11-3-4-15(20(24)26)19(25)23-17-6-2-5-16(21)18(17)22/h2-11H,12H2,1H3,(H,23,25). The fourth-order valence-electron chi connectivity index (χ4n) is 2.51. The summed E-state index contributed by atoms with van der Waals surface area (Å²) in [5.74, 6) is -0.530. The monoisotopic (exact) mass is 386 g/mol. The van der Waals surface area contributed by atoms with E-state index in [4.69, 9.17) is 23.2 Å². The second-order valence-electron chi connectivity index (χ2n) is 5.90. The molecule has 0 fully saturated rings. The molecule has 0 aliphatic carbocycles. The number of aromatic nitrogens is 1. The summed E-state index contributed by atoms with van der Waals surface area (Å²) in [4.78, 5) is 25.2. The molecule has 1 N–H and O–H groups in total. The quantitative estimate of drug-likeness (QED) is 0.702. The van der Waals surface area contributed by atoms with Crippen LogP contribution in [0.25, 0.3) is 0 Å². The van der Waals surface area contributed by atoms with Crippen LogP contribution in [-0.4, -0.2) is 10.5 Å². The van der Waals surface area contributed by atoms with Crippen LogP contribution < -0.4 is 10.9 Å². The van der Waals surface area contributed by atoms with Gasteiger partial charge in [-0.15, -0.1) is 0 Å². The van der Waals surface area contributed by atoms with Gasteiger partial charge in [0.2, 0.25) is 0 Å². The summed E-state index contributed by atoms with van der Waals surface area (Å²) < 4.78 is 1.50. The molecule has 0 bridgehead atoms. The summed E-state index contributed by atoms with van der Waals surface area (Å²) >= 11 is 12.0. The molecule has 0 unspecified atom stereocenters. The number of pyridine rings is 1. The molecular weight excluding hydrogens is 371 g/mol. The highest BCUT2D eigenvalue weighted by Crippen LogP contribution is 2.29. The Morgan fingerprint density at radius 2 is 1.77 bits per heavy atom. The predicted molar refractivity (Wildman–Crippen MR) is 105 cm³/mol. The number of hydrogen-bond acceptors (Lipinski definition) is 2. The van der Waals surface area contributed by atoms with Gasteiger partial charge in [-0.3, -0.25) is 9.59 Å². The van der Waals surface area contributed by atoms with Crippen LogP contribution in [0.4, 0.5) is 5.69 Å². The number of benzene rings is 2.